The summed E-state index contributed by atoms with van der Waals surface area (Å²) in [5.41, 5.74) is 4.79. The number of carbonyl (C=O) groups excluding carboxylic acids is 1. The van der Waals surface area contributed by atoms with Crippen LogP contribution in [0.1, 0.15) is 27.3 Å². The number of fused-ring (bicyclic) bond motifs is 1. The molecule has 1 amide bonds. The first kappa shape index (κ1) is 21.1. The van der Waals surface area contributed by atoms with Gasteiger partial charge in [-0.05, 0) is 61.4 Å². The van der Waals surface area contributed by atoms with E-state index < -0.39 is 0 Å². The molecule has 0 radical (unpaired) electrons. The number of imidazole rings is 1. The van der Waals surface area contributed by atoms with E-state index in [0.717, 1.165) is 38.2 Å². The van der Waals surface area contributed by atoms with Gasteiger partial charge < -0.3 is 14.6 Å². The summed E-state index contributed by atoms with van der Waals surface area (Å²) in [5, 5.41) is 2.98. The Morgan fingerprint density at radius 1 is 1.00 bits per heavy atom. The SMILES string of the molecule is Cc1cccc(C)c1OCCn1c(CNC(=O)c2ccc(Br)cc2)nc2ccccc21. The van der Waals surface area contributed by atoms with Crippen molar-refractivity contribution in [1.82, 2.24) is 14.9 Å². The van der Waals surface area contributed by atoms with E-state index in [9.17, 15) is 4.79 Å². The van der Waals surface area contributed by atoms with Crippen LogP contribution in [0.25, 0.3) is 11.0 Å². The van der Waals surface area contributed by atoms with E-state index in [-0.39, 0.29) is 5.91 Å². The lowest BCUT2D eigenvalue weighted by Gasteiger charge is -2.14. The molecule has 0 spiro atoms. The Hall–Kier alpha value is -3.12. The first-order valence-corrected chi connectivity index (χ1v) is 11.0. The van der Waals surface area contributed by atoms with Gasteiger partial charge in [-0.2, -0.15) is 0 Å². The highest BCUT2D eigenvalue weighted by molar-refractivity contribution is 9.10. The Labute approximate surface area is 190 Å². The standard InChI is InChI=1S/C25H24BrN3O2/c1-17-6-5-7-18(2)24(17)31-15-14-29-22-9-4-3-8-21(22)28-23(29)16-27-25(30)19-10-12-20(26)13-11-19/h3-13H,14-16H2,1-2H3,(H,27,30). The van der Waals surface area contributed by atoms with Crippen molar-refractivity contribution in [3.05, 3.63) is 93.7 Å². The van der Waals surface area contributed by atoms with E-state index in [1.54, 1.807) is 12.1 Å². The van der Waals surface area contributed by atoms with Crippen molar-refractivity contribution in [3.63, 3.8) is 0 Å². The number of benzene rings is 3. The van der Waals surface area contributed by atoms with Crippen molar-refractivity contribution in [3.8, 4) is 5.75 Å². The minimum absolute atomic E-state index is 0.127. The fourth-order valence-corrected chi connectivity index (χ4v) is 3.90. The quantitative estimate of drug-likeness (QED) is 0.386. The molecule has 6 heteroatoms. The third-order valence-electron chi connectivity index (χ3n) is 5.22. The number of nitrogens with one attached hydrogen (secondary N) is 1. The fraction of sp³-hybridized carbons (Fsp3) is 0.200. The maximum atomic E-state index is 12.5. The van der Waals surface area contributed by atoms with Crippen molar-refractivity contribution >= 4 is 32.9 Å². The molecule has 4 rings (SSSR count). The maximum Gasteiger partial charge on any atom is 0.251 e. The second-order valence-corrected chi connectivity index (χ2v) is 8.34. The zero-order chi connectivity index (χ0) is 21.8. The first-order chi connectivity index (χ1) is 15.0. The zero-order valence-corrected chi connectivity index (χ0v) is 19.1. The van der Waals surface area contributed by atoms with E-state index in [1.807, 2.05) is 42.5 Å². The minimum atomic E-state index is -0.127. The van der Waals surface area contributed by atoms with Gasteiger partial charge in [-0.25, -0.2) is 4.98 Å². The molecular formula is C25H24BrN3O2. The van der Waals surface area contributed by atoms with E-state index >= 15 is 0 Å². The number of halogens is 1. The lowest BCUT2D eigenvalue weighted by Crippen LogP contribution is -2.25. The molecule has 0 saturated heterocycles. The van der Waals surface area contributed by atoms with Crippen LogP contribution in [0.15, 0.2) is 71.2 Å². The summed E-state index contributed by atoms with van der Waals surface area (Å²) in [6.45, 7) is 5.60. The van der Waals surface area contributed by atoms with E-state index in [1.165, 1.54) is 0 Å². The van der Waals surface area contributed by atoms with Crippen LogP contribution in [0.3, 0.4) is 0 Å². The first-order valence-electron chi connectivity index (χ1n) is 10.2. The molecule has 5 nitrogen and oxygen atoms in total. The maximum absolute atomic E-state index is 12.5. The van der Waals surface area contributed by atoms with Crippen LogP contribution < -0.4 is 10.1 Å². The molecule has 0 unspecified atom stereocenters. The number of aromatic nitrogens is 2. The summed E-state index contributed by atoms with van der Waals surface area (Å²) in [4.78, 5) is 17.3. The van der Waals surface area contributed by atoms with Gasteiger partial charge in [-0.1, -0.05) is 46.3 Å². The molecule has 0 aliphatic rings. The third kappa shape index (κ3) is 4.80. The number of para-hydroxylation sites is 3. The predicted octanol–water partition coefficient (Wildman–Crippen LogP) is 5.42. The Morgan fingerprint density at radius 2 is 1.71 bits per heavy atom. The molecule has 0 bridgehead atoms. The smallest absolute Gasteiger partial charge is 0.251 e. The summed E-state index contributed by atoms with van der Waals surface area (Å²) in [6, 6.07) is 21.4. The van der Waals surface area contributed by atoms with Gasteiger partial charge in [-0.3, -0.25) is 4.79 Å². The summed E-state index contributed by atoms with van der Waals surface area (Å²) >= 11 is 3.39. The number of carbonyl (C=O) groups is 1. The molecule has 4 aromatic rings. The summed E-state index contributed by atoms with van der Waals surface area (Å²) < 4.78 is 9.17. The average Bonchev–Trinajstić information content (AvgIpc) is 3.12. The van der Waals surface area contributed by atoms with Gasteiger partial charge in [0, 0.05) is 10.0 Å². The van der Waals surface area contributed by atoms with Crippen LogP contribution in [0, 0.1) is 13.8 Å². The van der Waals surface area contributed by atoms with Crippen molar-refractivity contribution in [1.29, 1.82) is 0 Å². The van der Waals surface area contributed by atoms with Gasteiger partial charge in [-0.15, -0.1) is 0 Å². The lowest BCUT2D eigenvalue weighted by molar-refractivity contribution is 0.0949. The molecule has 0 aliphatic carbocycles. The number of hydrogen-bond acceptors (Lipinski definition) is 3. The van der Waals surface area contributed by atoms with E-state index in [4.69, 9.17) is 9.72 Å². The van der Waals surface area contributed by atoms with Gasteiger partial charge >= 0.3 is 0 Å². The molecule has 3 aromatic carbocycles. The molecular weight excluding hydrogens is 454 g/mol. The number of rotatable bonds is 7. The predicted molar refractivity (Wildman–Crippen MR) is 126 cm³/mol. The average molecular weight is 478 g/mol. The summed E-state index contributed by atoms with van der Waals surface area (Å²) in [7, 11) is 0. The van der Waals surface area contributed by atoms with Crippen LogP contribution in [0.5, 0.6) is 5.75 Å². The molecule has 31 heavy (non-hydrogen) atoms. The highest BCUT2D eigenvalue weighted by Gasteiger charge is 2.13. The Morgan fingerprint density at radius 3 is 2.45 bits per heavy atom. The summed E-state index contributed by atoms with van der Waals surface area (Å²) in [5.74, 6) is 1.60. The minimum Gasteiger partial charge on any atom is -0.491 e. The monoisotopic (exact) mass is 477 g/mol. The number of aryl methyl sites for hydroxylation is 2. The molecule has 0 fully saturated rings. The number of hydrogen-bond donors (Lipinski definition) is 1. The lowest BCUT2D eigenvalue weighted by atomic mass is 10.1. The topological polar surface area (TPSA) is 56.1 Å². The second-order valence-electron chi connectivity index (χ2n) is 7.43. The number of amides is 1. The van der Waals surface area contributed by atoms with Crippen LogP contribution in [-0.4, -0.2) is 22.1 Å². The second kappa shape index (κ2) is 9.35. The molecule has 1 heterocycles. The molecule has 0 saturated carbocycles. The van der Waals surface area contributed by atoms with Crippen molar-refractivity contribution in [2.24, 2.45) is 0 Å². The van der Waals surface area contributed by atoms with Gasteiger partial charge in [0.2, 0.25) is 0 Å². The van der Waals surface area contributed by atoms with Crippen molar-refractivity contribution < 1.29 is 9.53 Å². The van der Waals surface area contributed by atoms with Gasteiger partial charge in [0.05, 0.1) is 24.1 Å². The largest absolute Gasteiger partial charge is 0.491 e. The molecule has 0 aliphatic heterocycles. The van der Waals surface area contributed by atoms with Gasteiger partial charge in [0.1, 0.15) is 18.2 Å². The van der Waals surface area contributed by atoms with Gasteiger partial charge in [0.15, 0.2) is 0 Å². The van der Waals surface area contributed by atoms with E-state index in [0.29, 0.717) is 25.3 Å². The highest BCUT2D eigenvalue weighted by atomic mass is 79.9. The Balaban J connectivity index is 1.50. The molecule has 1 N–H and O–H groups in total. The van der Waals surface area contributed by atoms with Crippen LogP contribution in [0.4, 0.5) is 0 Å². The number of ether oxygens (including phenoxy) is 1. The third-order valence-corrected chi connectivity index (χ3v) is 5.75. The fourth-order valence-electron chi connectivity index (χ4n) is 3.64. The Bertz CT molecular complexity index is 1200. The zero-order valence-electron chi connectivity index (χ0n) is 17.6. The number of nitrogens with zero attached hydrogens (tertiary/aromatic N) is 2. The Kier molecular flexibility index (Phi) is 6.37. The van der Waals surface area contributed by atoms with E-state index in [2.05, 4.69) is 51.8 Å². The van der Waals surface area contributed by atoms with Crippen LogP contribution in [0.2, 0.25) is 0 Å². The van der Waals surface area contributed by atoms with Crippen LogP contribution in [-0.2, 0) is 13.1 Å². The highest BCUT2D eigenvalue weighted by Crippen LogP contribution is 2.23. The molecule has 0 atom stereocenters. The molecule has 1 aromatic heterocycles. The normalized spacial score (nSPS) is 10.9. The van der Waals surface area contributed by atoms with Gasteiger partial charge in [0.25, 0.3) is 5.91 Å². The van der Waals surface area contributed by atoms with Crippen molar-refractivity contribution in [2.75, 3.05) is 6.61 Å². The van der Waals surface area contributed by atoms with Crippen LogP contribution >= 0.6 is 15.9 Å². The summed E-state index contributed by atoms with van der Waals surface area (Å²) in [6.07, 6.45) is 0. The van der Waals surface area contributed by atoms with Crippen molar-refractivity contribution in [2.45, 2.75) is 26.9 Å². The molecule has 158 valence electrons.